The van der Waals surface area contributed by atoms with Crippen molar-refractivity contribution >= 4 is 27.8 Å². The molecule has 31 heavy (non-hydrogen) atoms. The Morgan fingerprint density at radius 1 is 0.484 bits per heavy atom. The molecular weight excluding hydrogens is 488 g/mol. The van der Waals surface area contributed by atoms with Crippen LogP contribution in [-0.4, -0.2) is 16.5 Å². The van der Waals surface area contributed by atoms with Gasteiger partial charge in [0.05, 0.1) is 0 Å². The van der Waals surface area contributed by atoms with Crippen molar-refractivity contribution in [3.8, 4) is 0 Å². The molecular formula is C26H30N2Si2Zr+2. The van der Waals surface area contributed by atoms with E-state index in [1.54, 1.807) is 0 Å². The van der Waals surface area contributed by atoms with Crippen LogP contribution in [0.2, 0.25) is 26.2 Å². The van der Waals surface area contributed by atoms with E-state index in [-0.39, 0.29) is 26.2 Å². The molecule has 4 rings (SSSR count). The minimum atomic E-state index is -1.64. The Bertz CT molecular complexity index is 675. The van der Waals surface area contributed by atoms with E-state index in [1.165, 1.54) is 11.1 Å². The van der Waals surface area contributed by atoms with Gasteiger partial charge in [0.1, 0.15) is 0 Å². The number of benzene rings is 2. The van der Waals surface area contributed by atoms with Gasteiger partial charge >= 0.3 is 26.2 Å². The van der Waals surface area contributed by atoms with Crippen LogP contribution in [0.3, 0.4) is 0 Å². The predicted octanol–water partition coefficient (Wildman–Crippen LogP) is 7.68. The summed E-state index contributed by atoms with van der Waals surface area (Å²) in [7, 11) is -3.29. The Morgan fingerprint density at radius 2 is 0.774 bits per heavy atom. The Kier molecular flexibility index (Phi) is 10.8. The molecule has 0 heterocycles. The van der Waals surface area contributed by atoms with Crippen molar-refractivity contribution < 1.29 is 26.2 Å². The Labute approximate surface area is 212 Å². The second-order valence-corrected chi connectivity index (χ2v) is 16.2. The standard InChI is InChI=1S/2C13H15NSi.Zr/c2*1-15(2,13-10-6-7-11-13)14-12-8-4-3-5-9-12;/h2*3-11H,1-2H3;/q2*-1;+4. The minimum Gasteiger partial charge on any atom is -0.687 e. The van der Waals surface area contributed by atoms with Gasteiger partial charge in [0.15, 0.2) is 0 Å². The summed E-state index contributed by atoms with van der Waals surface area (Å²) in [6, 6.07) is 20.5. The van der Waals surface area contributed by atoms with Gasteiger partial charge in [-0.15, -0.1) is 11.4 Å². The van der Waals surface area contributed by atoms with Crippen molar-refractivity contribution in [3.05, 3.63) is 133 Å². The molecule has 154 valence electrons. The van der Waals surface area contributed by atoms with Gasteiger partial charge in [0, 0.05) is 0 Å². The van der Waals surface area contributed by atoms with E-state index in [4.69, 9.17) is 9.96 Å². The molecule has 0 N–H and O–H groups in total. The van der Waals surface area contributed by atoms with Crippen LogP contribution < -0.4 is 0 Å². The summed E-state index contributed by atoms with van der Waals surface area (Å²) in [5.74, 6) is 0. The molecule has 0 unspecified atom stereocenters. The van der Waals surface area contributed by atoms with E-state index in [1.807, 2.05) is 36.4 Å². The Balaban J connectivity index is 0.000000213. The van der Waals surface area contributed by atoms with Gasteiger partial charge in [-0.05, 0) is 78.9 Å². The van der Waals surface area contributed by atoms with Gasteiger partial charge in [-0.25, -0.2) is 0 Å². The molecule has 10 radical (unpaired) electrons. The van der Waals surface area contributed by atoms with E-state index in [2.05, 4.69) is 102 Å². The van der Waals surface area contributed by atoms with E-state index in [9.17, 15) is 0 Å². The summed E-state index contributed by atoms with van der Waals surface area (Å²) >= 11 is 0. The van der Waals surface area contributed by atoms with Crippen LogP contribution in [-0.2, 0) is 26.2 Å². The maximum absolute atomic E-state index is 4.87. The molecule has 2 saturated carbocycles. The summed E-state index contributed by atoms with van der Waals surface area (Å²) in [4.78, 5) is 9.74. The SMILES string of the molecule is C[Si](C)([N-]c1ccccc1)[C]1[CH][CH][CH][CH]1.C[Si](C)([N-]c1ccccc1)[C]1[CH][CH][CH][CH]1.[Zr+4]. The van der Waals surface area contributed by atoms with Crippen LogP contribution in [0.1, 0.15) is 0 Å². The summed E-state index contributed by atoms with van der Waals surface area (Å²) in [5.41, 5.74) is 4.98. The fourth-order valence-corrected chi connectivity index (χ4v) is 7.21. The van der Waals surface area contributed by atoms with Gasteiger partial charge in [-0.2, -0.15) is 0 Å². The molecule has 0 saturated heterocycles. The fourth-order valence-electron chi connectivity index (χ4n) is 3.34. The summed E-state index contributed by atoms with van der Waals surface area (Å²) in [6.45, 7) is 9.09. The van der Waals surface area contributed by atoms with Gasteiger partial charge in [-0.1, -0.05) is 86.9 Å². The first-order valence-corrected chi connectivity index (χ1v) is 16.3. The molecule has 0 atom stereocenters. The zero-order chi connectivity index (χ0) is 21.5. The van der Waals surface area contributed by atoms with Crippen LogP contribution in [0, 0.1) is 62.4 Å². The first-order valence-electron chi connectivity index (χ1n) is 10.4. The quantitative estimate of drug-likeness (QED) is 0.352. The molecule has 2 aromatic rings. The number of hydrogen-bond acceptors (Lipinski definition) is 0. The third-order valence-corrected chi connectivity index (χ3v) is 10.2. The number of nitrogens with zero attached hydrogens (tertiary/aromatic N) is 2. The molecule has 0 bridgehead atoms. The number of rotatable bonds is 6. The smallest absolute Gasteiger partial charge is 0.687 e. The molecule has 5 heteroatoms. The van der Waals surface area contributed by atoms with Crippen LogP contribution in [0.4, 0.5) is 11.4 Å². The maximum Gasteiger partial charge on any atom is 4.00 e. The van der Waals surface area contributed by atoms with Crippen LogP contribution >= 0.6 is 0 Å². The van der Waals surface area contributed by atoms with Crippen molar-refractivity contribution in [1.29, 1.82) is 0 Å². The third kappa shape index (κ3) is 8.33. The third-order valence-electron chi connectivity index (χ3n) is 5.07. The van der Waals surface area contributed by atoms with Crippen molar-refractivity contribution in [2.45, 2.75) is 26.2 Å². The molecule has 2 aliphatic rings. The average Bonchev–Trinajstić information content (AvgIpc) is 3.44. The Hall–Kier alpha value is -0.643. The zero-order valence-corrected chi connectivity index (χ0v) is 23.2. The predicted molar refractivity (Wildman–Crippen MR) is 135 cm³/mol. The molecule has 0 spiro atoms. The first-order chi connectivity index (χ1) is 14.4. The molecule has 2 nitrogen and oxygen atoms in total. The van der Waals surface area contributed by atoms with Crippen LogP contribution in [0.15, 0.2) is 60.7 Å². The van der Waals surface area contributed by atoms with Crippen molar-refractivity contribution in [2.24, 2.45) is 0 Å². The maximum atomic E-state index is 4.87. The Morgan fingerprint density at radius 3 is 1.06 bits per heavy atom. The second kappa shape index (κ2) is 12.6. The topological polar surface area (TPSA) is 28.2 Å². The van der Waals surface area contributed by atoms with Gasteiger partial charge in [0.2, 0.25) is 0 Å². The van der Waals surface area contributed by atoms with E-state index >= 15 is 0 Å². The van der Waals surface area contributed by atoms with Gasteiger partial charge in [-0.3, -0.25) is 0 Å². The first kappa shape index (κ1) is 26.6. The molecule has 2 fully saturated rings. The molecule has 0 aromatic heterocycles. The van der Waals surface area contributed by atoms with E-state index in [0.29, 0.717) is 0 Å². The average molecular weight is 518 g/mol. The largest absolute Gasteiger partial charge is 4.00 e. The van der Waals surface area contributed by atoms with Crippen molar-refractivity contribution in [3.63, 3.8) is 0 Å². The van der Waals surface area contributed by atoms with E-state index < -0.39 is 16.5 Å². The van der Waals surface area contributed by atoms with Crippen molar-refractivity contribution in [1.82, 2.24) is 0 Å². The second-order valence-electron chi connectivity index (χ2n) is 8.36. The van der Waals surface area contributed by atoms with Crippen LogP contribution in [0.5, 0.6) is 0 Å². The van der Waals surface area contributed by atoms with Gasteiger partial charge < -0.3 is 9.96 Å². The fraction of sp³-hybridized carbons (Fsp3) is 0.154. The zero-order valence-electron chi connectivity index (χ0n) is 18.8. The molecule has 2 aromatic carbocycles. The molecule has 2 aliphatic carbocycles. The van der Waals surface area contributed by atoms with Gasteiger partial charge in [0.25, 0.3) is 0 Å². The minimum absolute atomic E-state index is 0. The van der Waals surface area contributed by atoms with Crippen LogP contribution in [0.25, 0.3) is 9.96 Å². The summed E-state index contributed by atoms with van der Waals surface area (Å²) in [6.07, 6.45) is 17.1. The molecule has 0 amide bonds. The normalized spacial score (nSPS) is 17.4. The monoisotopic (exact) mass is 516 g/mol. The molecule has 0 aliphatic heterocycles. The van der Waals surface area contributed by atoms with Crippen molar-refractivity contribution in [2.75, 3.05) is 0 Å². The summed E-state index contributed by atoms with van der Waals surface area (Å²) in [5, 5.41) is 0. The number of hydrogen-bond donors (Lipinski definition) is 0. The van der Waals surface area contributed by atoms with E-state index in [0.717, 1.165) is 11.4 Å². The summed E-state index contributed by atoms with van der Waals surface area (Å²) < 4.78 is 0.